The number of pyridine rings is 1. The molecule has 2 aliphatic rings. The average molecular weight is 385 g/mol. The highest BCUT2D eigenvalue weighted by Gasteiger charge is 2.58. The van der Waals surface area contributed by atoms with Gasteiger partial charge in [-0.25, -0.2) is 0 Å². The maximum Gasteiger partial charge on any atom is 0.313 e. The Bertz CT molecular complexity index is 987. The van der Waals surface area contributed by atoms with Gasteiger partial charge >= 0.3 is 5.97 Å². The standard InChI is InChI=1S/C20H23N3O5/c1-28-10-18(25)23-8-13-7-22(11-20(13,12-23)19(26)27)9-14-6-17(24)15-4-2-3-5-16(15)21-14/h2-6,13H,7-12H2,1H3,(H,21,24)(H,26,27)/t13-,20-/m0/s1. The molecule has 148 valence electrons. The van der Waals surface area contributed by atoms with Crippen molar-refractivity contribution in [2.75, 3.05) is 39.9 Å². The summed E-state index contributed by atoms with van der Waals surface area (Å²) in [6.45, 7) is 1.96. The van der Waals surface area contributed by atoms with Crippen molar-refractivity contribution in [1.29, 1.82) is 0 Å². The van der Waals surface area contributed by atoms with Gasteiger partial charge < -0.3 is 19.7 Å². The molecule has 0 bridgehead atoms. The molecule has 0 aliphatic carbocycles. The van der Waals surface area contributed by atoms with E-state index >= 15 is 0 Å². The molecule has 0 unspecified atom stereocenters. The van der Waals surface area contributed by atoms with E-state index in [4.69, 9.17) is 4.74 Å². The highest BCUT2D eigenvalue weighted by atomic mass is 16.5. The minimum absolute atomic E-state index is 0.0372. The van der Waals surface area contributed by atoms with Crippen molar-refractivity contribution in [3.63, 3.8) is 0 Å². The third-order valence-electron chi connectivity index (χ3n) is 5.91. The largest absolute Gasteiger partial charge is 0.481 e. The van der Waals surface area contributed by atoms with Crippen LogP contribution in [-0.4, -0.2) is 71.7 Å². The molecule has 2 aromatic rings. The summed E-state index contributed by atoms with van der Waals surface area (Å²) >= 11 is 0. The minimum Gasteiger partial charge on any atom is -0.481 e. The monoisotopic (exact) mass is 385 g/mol. The molecule has 2 atom stereocenters. The summed E-state index contributed by atoms with van der Waals surface area (Å²) in [5.41, 5.74) is 0.513. The molecule has 0 radical (unpaired) electrons. The first-order valence-electron chi connectivity index (χ1n) is 9.26. The van der Waals surface area contributed by atoms with Crippen LogP contribution in [0.3, 0.4) is 0 Å². The molecule has 0 saturated carbocycles. The minimum atomic E-state index is -0.972. The predicted octanol–water partition coefficient (Wildman–Crippen LogP) is 0.520. The summed E-state index contributed by atoms with van der Waals surface area (Å²) in [6.07, 6.45) is 0. The molecule has 4 rings (SSSR count). The Kier molecular flexibility index (Phi) is 4.68. The maximum atomic E-state index is 12.3. The Morgan fingerprint density at radius 2 is 2.07 bits per heavy atom. The number of carbonyl (C=O) groups excluding carboxylic acids is 1. The molecule has 3 heterocycles. The Balaban J connectivity index is 1.53. The number of fused-ring (bicyclic) bond motifs is 2. The third kappa shape index (κ3) is 3.08. The van der Waals surface area contributed by atoms with Crippen LogP contribution in [0.4, 0.5) is 0 Å². The molecule has 0 spiro atoms. The Hall–Kier alpha value is -2.71. The van der Waals surface area contributed by atoms with Crippen LogP contribution in [0.25, 0.3) is 10.9 Å². The number of aliphatic carboxylic acids is 1. The average Bonchev–Trinajstić information content (AvgIpc) is 3.17. The van der Waals surface area contributed by atoms with Crippen LogP contribution >= 0.6 is 0 Å². The van der Waals surface area contributed by atoms with Crippen molar-refractivity contribution in [3.05, 3.63) is 46.2 Å². The fraction of sp³-hybridized carbons (Fsp3) is 0.450. The number of methoxy groups -OCH3 is 1. The number of carbonyl (C=O) groups is 2. The number of rotatable bonds is 5. The van der Waals surface area contributed by atoms with Gasteiger partial charge in [0.2, 0.25) is 5.91 Å². The molecular weight excluding hydrogens is 362 g/mol. The van der Waals surface area contributed by atoms with Crippen molar-refractivity contribution in [2.45, 2.75) is 6.54 Å². The highest BCUT2D eigenvalue weighted by molar-refractivity contribution is 5.82. The number of carboxylic acid groups (broad SMARTS) is 1. The zero-order valence-electron chi connectivity index (χ0n) is 15.7. The Morgan fingerprint density at radius 3 is 2.79 bits per heavy atom. The van der Waals surface area contributed by atoms with E-state index in [1.54, 1.807) is 17.0 Å². The summed E-state index contributed by atoms with van der Waals surface area (Å²) in [6, 6.07) is 8.91. The number of aromatic nitrogens is 1. The number of benzene rings is 1. The number of nitrogens with one attached hydrogen (secondary N) is 1. The fourth-order valence-electron chi connectivity index (χ4n) is 4.58. The molecule has 1 aromatic heterocycles. The van der Waals surface area contributed by atoms with Crippen LogP contribution < -0.4 is 5.43 Å². The first kappa shape index (κ1) is 18.6. The van der Waals surface area contributed by atoms with Crippen molar-refractivity contribution in [2.24, 2.45) is 11.3 Å². The smallest absolute Gasteiger partial charge is 0.313 e. The van der Waals surface area contributed by atoms with Crippen LogP contribution in [-0.2, 0) is 20.9 Å². The molecule has 2 N–H and O–H groups in total. The lowest BCUT2D eigenvalue weighted by atomic mass is 9.81. The Morgan fingerprint density at radius 1 is 1.29 bits per heavy atom. The molecule has 1 aromatic carbocycles. The molecule has 2 aliphatic heterocycles. The highest BCUT2D eigenvalue weighted by Crippen LogP contribution is 2.43. The van der Waals surface area contributed by atoms with Crippen molar-refractivity contribution >= 4 is 22.8 Å². The Labute approximate surface area is 161 Å². The van der Waals surface area contributed by atoms with Crippen LogP contribution in [0.5, 0.6) is 0 Å². The van der Waals surface area contributed by atoms with Gasteiger partial charge in [-0.3, -0.25) is 19.3 Å². The third-order valence-corrected chi connectivity index (χ3v) is 5.91. The van der Waals surface area contributed by atoms with Crippen molar-refractivity contribution in [3.8, 4) is 0 Å². The number of carboxylic acids is 1. The molecule has 8 heteroatoms. The predicted molar refractivity (Wildman–Crippen MR) is 102 cm³/mol. The van der Waals surface area contributed by atoms with Gasteiger partial charge in [0.05, 0.1) is 0 Å². The van der Waals surface area contributed by atoms with E-state index in [9.17, 15) is 19.5 Å². The molecule has 1 amide bonds. The second-order valence-corrected chi connectivity index (χ2v) is 7.74. The van der Waals surface area contributed by atoms with Gasteiger partial charge in [0.15, 0.2) is 5.43 Å². The summed E-state index contributed by atoms with van der Waals surface area (Å²) in [4.78, 5) is 43.5. The summed E-state index contributed by atoms with van der Waals surface area (Å²) < 4.78 is 4.90. The number of para-hydroxylation sites is 1. The first-order valence-corrected chi connectivity index (χ1v) is 9.26. The van der Waals surface area contributed by atoms with E-state index in [2.05, 4.69) is 9.88 Å². The van der Waals surface area contributed by atoms with Crippen LogP contribution in [0.2, 0.25) is 0 Å². The van der Waals surface area contributed by atoms with Gasteiger partial charge in [-0.05, 0) is 12.1 Å². The van der Waals surface area contributed by atoms with E-state index < -0.39 is 11.4 Å². The number of hydrogen-bond acceptors (Lipinski definition) is 5. The summed E-state index contributed by atoms with van der Waals surface area (Å²) in [7, 11) is 1.45. The van der Waals surface area contributed by atoms with E-state index in [-0.39, 0.29) is 30.4 Å². The van der Waals surface area contributed by atoms with Crippen molar-refractivity contribution < 1.29 is 19.4 Å². The number of likely N-dealkylation sites (tertiary alicyclic amines) is 2. The number of nitrogens with zero attached hydrogens (tertiary/aromatic N) is 2. The lowest BCUT2D eigenvalue weighted by molar-refractivity contribution is -0.149. The quantitative estimate of drug-likeness (QED) is 0.778. The van der Waals surface area contributed by atoms with Gasteiger partial charge in [-0.15, -0.1) is 0 Å². The van der Waals surface area contributed by atoms with Crippen LogP contribution in [0.15, 0.2) is 35.1 Å². The lowest BCUT2D eigenvalue weighted by Crippen LogP contribution is -2.42. The number of aromatic amines is 1. The SMILES string of the molecule is COCC(=O)N1C[C@@H]2CN(Cc3cc(=O)c4ccccc4[nH]3)C[C@]2(C(=O)O)C1. The number of hydrogen-bond donors (Lipinski definition) is 2. The normalized spacial score (nSPS) is 24.6. The van der Waals surface area contributed by atoms with Crippen LogP contribution in [0, 0.1) is 11.3 Å². The van der Waals surface area contributed by atoms with E-state index in [1.165, 1.54) is 7.11 Å². The zero-order valence-corrected chi connectivity index (χ0v) is 15.7. The number of ether oxygens (including phenoxy) is 1. The second-order valence-electron chi connectivity index (χ2n) is 7.74. The fourth-order valence-corrected chi connectivity index (χ4v) is 4.58. The van der Waals surface area contributed by atoms with Gasteiger partial charge in [-0.2, -0.15) is 0 Å². The van der Waals surface area contributed by atoms with Crippen LogP contribution in [0.1, 0.15) is 5.69 Å². The topological polar surface area (TPSA) is 103 Å². The first-order chi connectivity index (χ1) is 13.4. The van der Waals surface area contributed by atoms with E-state index in [1.807, 2.05) is 18.2 Å². The zero-order chi connectivity index (χ0) is 19.9. The molecule has 8 nitrogen and oxygen atoms in total. The summed E-state index contributed by atoms with van der Waals surface area (Å²) in [5.74, 6) is -1.19. The van der Waals surface area contributed by atoms with Crippen molar-refractivity contribution in [1.82, 2.24) is 14.8 Å². The lowest BCUT2D eigenvalue weighted by Gasteiger charge is -2.25. The molecular formula is C20H23N3O5. The van der Waals surface area contributed by atoms with E-state index in [0.717, 1.165) is 11.2 Å². The van der Waals surface area contributed by atoms with Gasteiger partial charge in [-0.1, -0.05) is 12.1 Å². The van der Waals surface area contributed by atoms with Gasteiger partial charge in [0, 0.05) is 68.4 Å². The molecule has 2 saturated heterocycles. The van der Waals surface area contributed by atoms with Gasteiger partial charge in [0.25, 0.3) is 0 Å². The summed E-state index contributed by atoms with van der Waals surface area (Å²) in [5, 5.41) is 10.6. The van der Waals surface area contributed by atoms with Gasteiger partial charge in [0.1, 0.15) is 12.0 Å². The number of amides is 1. The molecule has 2 fully saturated rings. The van der Waals surface area contributed by atoms with E-state index in [0.29, 0.717) is 31.6 Å². The number of H-pyrrole nitrogens is 1. The molecule has 28 heavy (non-hydrogen) atoms. The second kappa shape index (κ2) is 7.03. The maximum absolute atomic E-state index is 12.3.